The van der Waals surface area contributed by atoms with E-state index in [9.17, 15) is 0 Å². The van der Waals surface area contributed by atoms with E-state index in [0.717, 1.165) is 52.6 Å². The molecule has 3 heteroatoms. The first-order valence-corrected chi connectivity index (χ1v) is 10.5. The zero-order valence-electron chi connectivity index (χ0n) is 19.2. The standard InChI is InChI=1S/C28H33N3/c1-21(11-7-13-23(3)27-17-9-15-25(5)30-27)19-29-20-22(2)12-8-14-24(4)28-18-10-16-26(6)31-28/h7-18,29H,1,4,19-20H2,2-3,5-6H3/b11-7-,14-8-,22-12+,23-13+. The van der Waals surface area contributed by atoms with E-state index in [1.165, 1.54) is 5.57 Å². The highest BCUT2D eigenvalue weighted by Crippen LogP contribution is 2.12. The van der Waals surface area contributed by atoms with Crippen LogP contribution in [0.2, 0.25) is 0 Å². The highest BCUT2D eigenvalue weighted by molar-refractivity contribution is 5.69. The van der Waals surface area contributed by atoms with Crippen molar-refractivity contribution >= 4 is 11.1 Å². The summed E-state index contributed by atoms with van der Waals surface area (Å²) in [7, 11) is 0. The Kier molecular flexibility index (Phi) is 9.60. The smallest absolute Gasteiger partial charge is 0.0699 e. The Morgan fingerprint density at radius 1 is 0.839 bits per heavy atom. The fourth-order valence-electron chi connectivity index (χ4n) is 2.85. The third-order valence-electron chi connectivity index (χ3n) is 4.62. The van der Waals surface area contributed by atoms with Crippen LogP contribution in [0.5, 0.6) is 0 Å². The van der Waals surface area contributed by atoms with Crippen LogP contribution in [0, 0.1) is 13.8 Å². The minimum absolute atomic E-state index is 0.737. The van der Waals surface area contributed by atoms with Crippen molar-refractivity contribution in [1.82, 2.24) is 15.3 Å². The summed E-state index contributed by atoms with van der Waals surface area (Å²) in [6.07, 6.45) is 12.2. The second kappa shape index (κ2) is 12.4. The Labute approximate surface area is 187 Å². The fourth-order valence-corrected chi connectivity index (χ4v) is 2.85. The van der Waals surface area contributed by atoms with Gasteiger partial charge >= 0.3 is 0 Å². The SMILES string of the molecule is C=C(/C=C\C=C(/C)c1cccc(C)n1)CNC/C(C)=C/C=C\C(=C)c1cccc(C)n1. The topological polar surface area (TPSA) is 37.8 Å². The summed E-state index contributed by atoms with van der Waals surface area (Å²) in [5, 5.41) is 3.42. The summed E-state index contributed by atoms with van der Waals surface area (Å²) in [5.41, 5.74) is 8.24. The van der Waals surface area contributed by atoms with E-state index in [0.29, 0.717) is 0 Å². The Balaban J connectivity index is 1.76. The van der Waals surface area contributed by atoms with Crippen LogP contribution in [0.1, 0.15) is 36.6 Å². The van der Waals surface area contributed by atoms with Gasteiger partial charge in [-0.05, 0) is 68.7 Å². The molecule has 0 aromatic carbocycles. The molecular weight excluding hydrogens is 378 g/mol. The summed E-state index contributed by atoms with van der Waals surface area (Å²) in [6, 6.07) is 12.0. The molecular formula is C28H33N3. The van der Waals surface area contributed by atoms with E-state index < -0.39 is 0 Å². The number of pyridine rings is 2. The summed E-state index contributed by atoms with van der Waals surface area (Å²) in [6.45, 7) is 17.9. The van der Waals surface area contributed by atoms with E-state index in [1.807, 2.05) is 74.5 Å². The van der Waals surface area contributed by atoms with Crippen LogP contribution in [0.25, 0.3) is 11.1 Å². The van der Waals surface area contributed by atoms with Crippen LogP contribution in [-0.4, -0.2) is 23.1 Å². The van der Waals surface area contributed by atoms with Crippen molar-refractivity contribution < 1.29 is 0 Å². The Bertz CT molecular complexity index is 1040. The maximum Gasteiger partial charge on any atom is 0.0699 e. The van der Waals surface area contributed by atoms with Crippen molar-refractivity contribution in [3.8, 4) is 0 Å². The molecule has 160 valence electrons. The second-order valence-electron chi connectivity index (χ2n) is 7.70. The molecule has 2 aromatic rings. The lowest BCUT2D eigenvalue weighted by atomic mass is 10.1. The molecule has 0 unspecified atom stereocenters. The molecule has 0 amide bonds. The lowest BCUT2D eigenvalue weighted by Crippen LogP contribution is -2.18. The molecule has 0 radical (unpaired) electrons. The second-order valence-corrected chi connectivity index (χ2v) is 7.70. The highest BCUT2D eigenvalue weighted by atomic mass is 14.8. The van der Waals surface area contributed by atoms with Crippen molar-refractivity contribution in [1.29, 1.82) is 0 Å². The molecule has 0 fully saturated rings. The van der Waals surface area contributed by atoms with E-state index in [1.54, 1.807) is 0 Å². The number of aromatic nitrogens is 2. The van der Waals surface area contributed by atoms with Crippen molar-refractivity contribution in [3.63, 3.8) is 0 Å². The predicted molar refractivity (Wildman–Crippen MR) is 135 cm³/mol. The average molecular weight is 412 g/mol. The molecule has 2 rings (SSSR count). The van der Waals surface area contributed by atoms with Gasteiger partial charge in [0.05, 0.1) is 11.4 Å². The molecule has 0 atom stereocenters. The summed E-state index contributed by atoms with van der Waals surface area (Å²) in [4.78, 5) is 9.03. The number of allylic oxidation sites excluding steroid dienone is 7. The van der Waals surface area contributed by atoms with Gasteiger partial charge in [-0.25, -0.2) is 0 Å². The lowest BCUT2D eigenvalue weighted by Gasteiger charge is -2.05. The zero-order valence-corrected chi connectivity index (χ0v) is 19.2. The number of nitrogens with zero attached hydrogens (tertiary/aromatic N) is 2. The molecule has 0 bridgehead atoms. The molecule has 0 saturated carbocycles. The molecule has 3 nitrogen and oxygen atoms in total. The number of hydrogen-bond donors (Lipinski definition) is 1. The molecule has 0 spiro atoms. The molecule has 2 aromatic heterocycles. The van der Waals surface area contributed by atoms with Crippen molar-refractivity contribution in [2.45, 2.75) is 27.7 Å². The van der Waals surface area contributed by atoms with Crippen molar-refractivity contribution in [2.24, 2.45) is 0 Å². The van der Waals surface area contributed by atoms with Gasteiger partial charge in [-0.15, -0.1) is 0 Å². The number of aryl methyl sites for hydroxylation is 2. The summed E-state index contributed by atoms with van der Waals surface area (Å²) >= 11 is 0. The van der Waals surface area contributed by atoms with E-state index in [-0.39, 0.29) is 0 Å². The first-order valence-electron chi connectivity index (χ1n) is 10.5. The summed E-state index contributed by atoms with van der Waals surface area (Å²) in [5.74, 6) is 0. The van der Waals surface area contributed by atoms with Crippen molar-refractivity contribution in [2.75, 3.05) is 13.1 Å². The first-order chi connectivity index (χ1) is 14.8. The largest absolute Gasteiger partial charge is 0.309 e. The van der Waals surface area contributed by atoms with Gasteiger partial charge in [0.1, 0.15) is 0 Å². The van der Waals surface area contributed by atoms with Gasteiger partial charge in [-0.2, -0.15) is 0 Å². The number of hydrogen-bond acceptors (Lipinski definition) is 3. The monoisotopic (exact) mass is 411 g/mol. The maximum absolute atomic E-state index is 4.54. The lowest BCUT2D eigenvalue weighted by molar-refractivity contribution is 0.800. The predicted octanol–water partition coefficient (Wildman–Crippen LogP) is 6.41. The van der Waals surface area contributed by atoms with Gasteiger partial charge in [0.15, 0.2) is 0 Å². The third-order valence-corrected chi connectivity index (χ3v) is 4.62. The van der Waals surface area contributed by atoms with Gasteiger partial charge in [0, 0.05) is 24.5 Å². The van der Waals surface area contributed by atoms with Crippen LogP contribution in [-0.2, 0) is 0 Å². The van der Waals surface area contributed by atoms with Gasteiger partial charge in [0.2, 0.25) is 0 Å². The minimum atomic E-state index is 0.737. The van der Waals surface area contributed by atoms with Crippen LogP contribution in [0.3, 0.4) is 0 Å². The molecule has 1 N–H and O–H groups in total. The van der Waals surface area contributed by atoms with E-state index >= 15 is 0 Å². The zero-order chi connectivity index (χ0) is 22.6. The molecule has 0 aliphatic carbocycles. The third kappa shape index (κ3) is 8.93. The molecule has 31 heavy (non-hydrogen) atoms. The highest BCUT2D eigenvalue weighted by Gasteiger charge is 1.97. The summed E-state index contributed by atoms with van der Waals surface area (Å²) < 4.78 is 0. The Morgan fingerprint density at radius 3 is 2.13 bits per heavy atom. The van der Waals surface area contributed by atoms with Gasteiger partial charge in [-0.3, -0.25) is 9.97 Å². The number of nitrogens with one attached hydrogen (secondary N) is 1. The Morgan fingerprint density at radius 2 is 1.45 bits per heavy atom. The Hall–Kier alpha value is -3.30. The van der Waals surface area contributed by atoms with Crippen LogP contribution >= 0.6 is 0 Å². The van der Waals surface area contributed by atoms with E-state index in [4.69, 9.17) is 0 Å². The van der Waals surface area contributed by atoms with Crippen LogP contribution in [0.4, 0.5) is 0 Å². The van der Waals surface area contributed by atoms with Crippen molar-refractivity contribution in [3.05, 3.63) is 120 Å². The van der Waals surface area contributed by atoms with Gasteiger partial charge in [-0.1, -0.05) is 67.3 Å². The minimum Gasteiger partial charge on any atom is -0.309 e. The van der Waals surface area contributed by atoms with Crippen LogP contribution in [0.15, 0.2) is 97.2 Å². The first kappa shape index (κ1) is 24.0. The quantitative estimate of drug-likeness (QED) is 0.459. The average Bonchev–Trinajstić information content (AvgIpc) is 2.73. The molecule has 0 aliphatic rings. The molecule has 0 aliphatic heterocycles. The van der Waals surface area contributed by atoms with E-state index in [2.05, 4.69) is 54.4 Å². The van der Waals surface area contributed by atoms with Gasteiger partial charge < -0.3 is 5.32 Å². The van der Waals surface area contributed by atoms with Gasteiger partial charge in [0.25, 0.3) is 0 Å². The normalized spacial score (nSPS) is 12.6. The molecule has 2 heterocycles. The van der Waals surface area contributed by atoms with Crippen LogP contribution < -0.4 is 5.32 Å². The molecule has 0 saturated heterocycles. The maximum atomic E-state index is 4.54. The number of rotatable bonds is 10. The fraction of sp³-hybridized carbons (Fsp3) is 0.214.